The predicted molar refractivity (Wildman–Crippen MR) is 52.8 cm³/mol. The molecule has 0 saturated heterocycles. The minimum absolute atomic E-state index is 0.00732. The maximum Gasteiger partial charge on any atom is 0.158 e. The summed E-state index contributed by atoms with van der Waals surface area (Å²) >= 11 is 0. The highest BCUT2D eigenvalue weighted by molar-refractivity contribution is 5.89. The summed E-state index contributed by atoms with van der Waals surface area (Å²) in [6.07, 6.45) is 2.35. The van der Waals surface area contributed by atoms with Crippen molar-refractivity contribution < 1.29 is 14.7 Å². The number of aliphatic hydroxyl groups is 1. The Balaban J connectivity index is 2.55. The predicted octanol–water partition coefficient (Wildman–Crippen LogP) is 1.19. The fourth-order valence-corrected chi connectivity index (χ4v) is 1.74. The van der Waals surface area contributed by atoms with E-state index < -0.39 is 6.61 Å². The first-order chi connectivity index (χ1) is 6.56. The van der Waals surface area contributed by atoms with Crippen molar-refractivity contribution in [3.63, 3.8) is 0 Å². The summed E-state index contributed by atoms with van der Waals surface area (Å²) in [6, 6.07) is 0. The fraction of sp³-hybridized carbons (Fsp3) is 0.818. The molecule has 0 heterocycles. The van der Waals surface area contributed by atoms with Gasteiger partial charge >= 0.3 is 0 Å². The Hall–Kier alpha value is -0.700. The van der Waals surface area contributed by atoms with Gasteiger partial charge in [0.15, 0.2) is 5.78 Å². The van der Waals surface area contributed by atoms with Crippen molar-refractivity contribution in [3.8, 4) is 0 Å². The topological polar surface area (TPSA) is 54.4 Å². The summed E-state index contributed by atoms with van der Waals surface area (Å²) in [5.74, 6) is 0.229. The Bertz CT molecular complexity index is 229. The van der Waals surface area contributed by atoms with Crippen molar-refractivity contribution in [2.24, 2.45) is 17.8 Å². The van der Waals surface area contributed by atoms with Gasteiger partial charge in [0.25, 0.3) is 0 Å². The summed E-state index contributed by atoms with van der Waals surface area (Å²) < 4.78 is 0. The van der Waals surface area contributed by atoms with Crippen molar-refractivity contribution in [1.82, 2.24) is 0 Å². The molecule has 0 aromatic carbocycles. The van der Waals surface area contributed by atoms with Crippen LogP contribution in [-0.2, 0) is 9.59 Å². The molecule has 80 valence electrons. The van der Waals surface area contributed by atoms with E-state index in [2.05, 4.69) is 0 Å². The molecular weight excluding hydrogens is 180 g/mol. The molecule has 1 fully saturated rings. The summed E-state index contributed by atoms with van der Waals surface area (Å²) in [5.41, 5.74) is 0. The van der Waals surface area contributed by atoms with Gasteiger partial charge in [-0.2, -0.15) is 0 Å². The van der Waals surface area contributed by atoms with Crippen LogP contribution >= 0.6 is 0 Å². The van der Waals surface area contributed by atoms with E-state index in [-0.39, 0.29) is 29.8 Å². The Morgan fingerprint density at radius 1 is 1.36 bits per heavy atom. The van der Waals surface area contributed by atoms with Crippen LogP contribution in [-0.4, -0.2) is 23.3 Å². The van der Waals surface area contributed by atoms with Gasteiger partial charge in [0, 0.05) is 18.3 Å². The van der Waals surface area contributed by atoms with Gasteiger partial charge in [-0.1, -0.05) is 13.8 Å². The average molecular weight is 198 g/mol. The van der Waals surface area contributed by atoms with Gasteiger partial charge in [-0.3, -0.25) is 9.59 Å². The lowest BCUT2D eigenvalue weighted by atomic mass is 9.87. The highest BCUT2D eigenvalue weighted by Gasteiger charge is 2.37. The van der Waals surface area contributed by atoms with Gasteiger partial charge in [-0.15, -0.1) is 0 Å². The molecule has 1 unspecified atom stereocenters. The van der Waals surface area contributed by atoms with Gasteiger partial charge in [0.05, 0.1) is 0 Å². The van der Waals surface area contributed by atoms with E-state index in [1.165, 1.54) is 0 Å². The molecule has 0 aliphatic heterocycles. The van der Waals surface area contributed by atoms with Crippen LogP contribution in [0.4, 0.5) is 0 Å². The molecule has 0 spiro atoms. The molecule has 0 amide bonds. The first kappa shape index (κ1) is 11.4. The second-order valence-electron chi connectivity index (χ2n) is 4.40. The van der Waals surface area contributed by atoms with Crippen LogP contribution in [0.25, 0.3) is 0 Å². The molecule has 1 aliphatic rings. The zero-order chi connectivity index (χ0) is 10.7. The van der Waals surface area contributed by atoms with Gasteiger partial charge < -0.3 is 5.11 Å². The first-order valence-electron chi connectivity index (χ1n) is 5.22. The Kier molecular flexibility index (Phi) is 3.81. The number of rotatable bonds is 6. The van der Waals surface area contributed by atoms with Crippen LogP contribution in [0.1, 0.15) is 33.1 Å². The van der Waals surface area contributed by atoms with E-state index in [4.69, 9.17) is 5.11 Å². The normalized spacial score (nSPS) is 18.3. The molecule has 0 aromatic heterocycles. The SMILES string of the molecule is CC(C)C(=O)C(CC(=O)CO)C1CC1. The van der Waals surface area contributed by atoms with Gasteiger partial charge in [0.2, 0.25) is 0 Å². The van der Waals surface area contributed by atoms with Crippen LogP contribution < -0.4 is 0 Å². The Morgan fingerprint density at radius 3 is 2.29 bits per heavy atom. The third kappa shape index (κ3) is 2.91. The van der Waals surface area contributed by atoms with Crippen LogP contribution in [0, 0.1) is 17.8 Å². The molecule has 1 N–H and O–H groups in total. The maximum atomic E-state index is 11.7. The first-order valence-corrected chi connectivity index (χ1v) is 5.22. The van der Waals surface area contributed by atoms with Crippen LogP contribution in [0.15, 0.2) is 0 Å². The van der Waals surface area contributed by atoms with E-state index >= 15 is 0 Å². The molecule has 1 rings (SSSR count). The average Bonchev–Trinajstić information content (AvgIpc) is 2.95. The second-order valence-corrected chi connectivity index (χ2v) is 4.40. The summed E-state index contributed by atoms with van der Waals surface area (Å²) in [4.78, 5) is 22.8. The summed E-state index contributed by atoms with van der Waals surface area (Å²) in [6.45, 7) is 3.29. The number of carbonyl (C=O) groups excluding carboxylic acids is 2. The molecule has 1 saturated carbocycles. The van der Waals surface area contributed by atoms with Crippen molar-refractivity contribution in [2.75, 3.05) is 6.61 Å². The summed E-state index contributed by atoms with van der Waals surface area (Å²) in [7, 11) is 0. The lowest BCUT2D eigenvalue weighted by Gasteiger charge is -2.15. The van der Waals surface area contributed by atoms with E-state index in [1.807, 2.05) is 13.8 Å². The molecule has 0 radical (unpaired) electrons. The standard InChI is InChI=1S/C11H18O3/c1-7(2)11(14)10(8-3-4-8)5-9(13)6-12/h7-8,10,12H,3-6H2,1-2H3. The fourth-order valence-electron chi connectivity index (χ4n) is 1.74. The smallest absolute Gasteiger partial charge is 0.158 e. The molecule has 0 bridgehead atoms. The molecule has 3 nitrogen and oxygen atoms in total. The van der Waals surface area contributed by atoms with E-state index in [9.17, 15) is 9.59 Å². The number of hydrogen-bond donors (Lipinski definition) is 1. The maximum absolute atomic E-state index is 11.7. The molecular formula is C11H18O3. The molecule has 0 aromatic rings. The molecule has 3 heteroatoms. The van der Waals surface area contributed by atoms with Crippen molar-refractivity contribution in [3.05, 3.63) is 0 Å². The van der Waals surface area contributed by atoms with Crippen LogP contribution in [0.2, 0.25) is 0 Å². The third-order valence-corrected chi connectivity index (χ3v) is 2.75. The Labute approximate surface area is 84.5 Å². The number of Topliss-reactive ketones (excluding diaryl/α,β-unsaturated/α-hetero) is 2. The van der Waals surface area contributed by atoms with E-state index in [0.29, 0.717) is 5.92 Å². The zero-order valence-corrected chi connectivity index (χ0v) is 8.82. The lowest BCUT2D eigenvalue weighted by Crippen LogP contribution is -2.25. The number of ketones is 2. The minimum atomic E-state index is -0.436. The third-order valence-electron chi connectivity index (χ3n) is 2.75. The molecule has 14 heavy (non-hydrogen) atoms. The number of aliphatic hydroxyl groups excluding tert-OH is 1. The van der Waals surface area contributed by atoms with Crippen LogP contribution in [0.5, 0.6) is 0 Å². The lowest BCUT2D eigenvalue weighted by molar-refractivity contribution is -0.131. The summed E-state index contributed by atoms with van der Waals surface area (Å²) in [5, 5.41) is 8.65. The van der Waals surface area contributed by atoms with Crippen LogP contribution in [0.3, 0.4) is 0 Å². The van der Waals surface area contributed by atoms with Crippen molar-refractivity contribution >= 4 is 11.6 Å². The highest BCUT2D eigenvalue weighted by Crippen LogP contribution is 2.40. The highest BCUT2D eigenvalue weighted by atomic mass is 16.3. The van der Waals surface area contributed by atoms with E-state index in [0.717, 1.165) is 12.8 Å². The minimum Gasteiger partial charge on any atom is -0.389 e. The zero-order valence-electron chi connectivity index (χ0n) is 8.82. The molecule has 1 aliphatic carbocycles. The van der Waals surface area contributed by atoms with Crippen molar-refractivity contribution in [2.45, 2.75) is 33.1 Å². The van der Waals surface area contributed by atoms with Gasteiger partial charge in [-0.25, -0.2) is 0 Å². The quantitative estimate of drug-likeness (QED) is 0.697. The molecule has 1 atom stereocenters. The van der Waals surface area contributed by atoms with Gasteiger partial charge in [-0.05, 0) is 18.8 Å². The largest absolute Gasteiger partial charge is 0.389 e. The van der Waals surface area contributed by atoms with Crippen molar-refractivity contribution in [1.29, 1.82) is 0 Å². The number of carbonyl (C=O) groups is 2. The van der Waals surface area contributed by atoms with E-state index in [1.54, 1.807) is 0 Å². The number of hydrogen-bond acceptors (Lipinski definition) is 3. The Morgan fingerprint density at radius 2 is 1.93 bits per heavy atom. The van der Waals surface area contributed by atoms with Gasteiger partial charge in [0.1, 0.15) is 12.4 Å². The monoisotopic (exact) mass is 198 g/mol. The second kappa shape index (κ2) is 4.69.